The number of quaternary nitrogens is 2. The summed E-state index contributed by atoms with van der Waals surface area (Å²) in [6.45, 7) is 0. The minimum atomic E-state index is -1.30. The Morgan fingerprint density at radius 1 is 0.379 bits per heavy atom. The Morgan fingerprint density at radius 3 is 0.828 bits per heavy atom. The van der Waals surface area contributed by atoms with E-state index in [2.05, 4.69) is 90.8 Å². The van der Waals surface area contributed by atoms with E-state index >= 15 is 0 Å². The lowest BCUT2D eigenvalue weighted by Gasteiger charge is -2.22. The number of para-hydroxylation sites is 2. The van der Waals surface area contributed by atoms with Crippen molar-refractivity contribution in [2.45, 2.75) is 19.6 Å². The van der Waals surface area contributed by atoms with Crippen LogP contribution in [0.2, 0.25) is 0 Å². The van der Waals surface area contributed by atoms with Gasteiger partial charge in [0.1, 0.15) is 11.4 Å². The number of carbonyl (C=O) groups is 4. The summed E-state index contributed by atoms with van der Waals surface area (Å²) in [5.74, 6) is -4.66. The largest absolute Gasteiger partial charge is 0.545 e. The zero-order chi connectivity index (χ0) is 42.9. The van der Waals surface area contributed by atoms with E-state index < -0.39 is 23.9 Å². The second-order valence-corrected chi connectivity index (χ2v) is 16.2. The maximum absolute atomic E-state index is 11.1. The third-order valence-corrected chi connectivity index (χ3v) is 10.3. The lowest BCUT2D eigenvalue weighted by atomic mass is 10.2. The summed E-state index contributed by atoms with van der Waals surface area (Å²) in [6.07, 6.45) is 0. The first-order valence-electron chi connectivity index (χ1n) is 17.7. The SMILES string of the molecule is C[N+](C)(C)c1ccccc1.C[N+](C)(C)c1ccccc1.O=C(O)c1ccccc1Sc1ccccc1C(=O)O.O=C([O-])c1ccccc1Sc1ccccc1C(=O)[O-]. The molecule has 0 aromatic heterocycles. The highest BCUT2D eigenvalue weighted by molar-refractivity contribution is 7.99. The van der Waals surface area contributed by atoms with E-state index in [1.807, 2.05) is 12.1 Å². The lowest BCUT2D eigenvalue weighted by Crippen LogP contribution is -2.34. The number of hydrogen-bond donors (Lipinski definition) is 2. The number of aromatic carboxylic acids is 4. The minimum absolute atomic E-state index is 0.0284. The van der Waals surface area contributed by atoms with Crippen LogP contribution in [0, 0.1) is 0 Å². The van der Waals surface area contributed by atoms with Crippen molar-refractivity contribution in [3.63, 3.8) is 0 Å². The predicted octanol–water partition coefficient (Wildman–Crippen LogP) is 7.57. The molecule has 0 heterocycles. The van der Waals surface area contributed by atoms with Gasteiger partial charge in [-0.1, -0.05) is 121 Å². The standard InChI is InChI=1S/2C14H10O4S.2C9H14N/c2*15-13(16)9-5-1-3-7-11(9)19-12-8-4-2-6-10(12)14(17)18;2*1-10(2,3)9-7-5-4-6-8-9/h2*1-8H,(H,15,16)(H,17,18);2*4-8H,1-3H3/q;;2*+1/p-2. The summed E-state index contributed by atoms with van der Waals surface area (Å²) in [5, 5.41) is 40.1. The average molecular weight is 819 g/mol. The van der Waals surface area contributed by atoms with Crippen LogP contribution in [0.5, 0.6) is 0 Å². The molecule has 0 spiro atoms. The topological polar surface area (TPSA) is 155 Å². The molecule has 6 aromatic carbocycles. The molecular formula is C46H46N2O8S2. The summed E-state index contributed by atoms with van der Waals surface area (Å²) in [6, 6.07) is 46.5. The van der Waals surface area contributed by atoms with E-state index in [1.165, 1.54) is 35.6 Å². The molecule has 300 valence electrons. The van der Waals surface area contributed by atoms with E-state index in [0.717, 1.165) is 32.5 Å². The molecule has 0 unspecified atom stereocenters. The van der Waals surface area contributed by atoms with Gasteiger partial charge in [0.25, 0.3) is 0 Å². The monoisotopic (exact) mass is 818 g/mol. The van der Waals surface area contributed by atoms with Crippen molar-refractivity contribution in [2.75, 3.05) is 42.3 Å². The number of carbonyl (C=O) groups excluding carboxylic acids is 2. The summed E-state index contributed by atoms with van der Waals surface area (Å²) < 4.78 is 1.78. The van der Waals surface area contributed by atoms with Crippen molar-refractivity contribution in [1.82, 2.24) is 8.97 Å². The zero-order valence-electron chi connectivity index (χ0n) is 33.1. The van der Waals surface area contributed by atoms with Gasteiger partial charge in [-0.25, -0.2) is 9.59 Å². The molecule has 0 aliphatic rings. The van der Waals surface area contributed by atoms with Crippen LogP contribution in [0.25, 0.3) is 0 Å². The number of carboxylic acids is 4. The first kappa shape index (κ1) is 46.2. The smallest absolute Gasteiger partial charge is 0.336 e. The first-order valence-corrected chi connectivity index (χ1v) is 19.4. The fourth-order valence-electron chi connectivity index (χ4n) is 4.90. The molecule has 58 heavy (non-hydrogen) atoms. The molecule has 0 aliphatic heterocycles. The first-order chi connectivity index (χ1) is 27.4. The summed E-state index contributed by atoms with van der Waals surface area (Å²) in [7, 11) is 13.0. The molecular weight excluding hydrogens is 773 g/mol. The lowest BCUT2D eigenvalue weighted by molar-refractivity contribution is -0.256. The van der Waals surface area contributed by atoms with Crippen LogP contribution in [0.4, 0.5) is 11.4 Å². The van der Waals surface area contributed by atoms with Crippen molar-refractivity contribution < 1.29 is 39.6 Å². The molecule has 0 amide bonds. The molecule has 0 radical (unpaired) electrons. The van der Waals surface area contributed by atoms with Gasteiger partial charge in [-0.3, -0.25) is 8.97 Å². The van der Waals surface area contributed by atoms with Crippen LogP contribution in [-0.4, -0.2) is 76.4 Å². The third kappa shape index (κ3) is 14.7. The Hall–Kier alpha value is -6.18. The van der Waals surface area contributed by atoms with Gasteiger partial charge in [0.15, 0.2) is 0 Å². The van der Waals surface area contributed by atoms with Crippen molar-refractivity contribution in [3.05, 3.63) is 180 Å². The molecule has 0 saturated carbocycles. The molecule has 0 fully saturated rings. The highest BCUT2D eigenvalue weighted by Gasteiger charge is 2.15. The van der Waals surface area contributed by atoms with Crippen LogP contribution in [0.15, 0.2) is 177 Å². The maximum Gasteiger partial charge on any atom is 0.336 e. The van der Waals surface area contributed by atoms with Crippen molar-refractivity contribution in [1.29, 1.82) is 0 Å². The predicted molar refractivity (Wildman–Crippen MR) is 229 cm³/mol. The number of benzene rings is 6. The normalized spacial score (nSPS) is 10.6. The molecule has 6 rings (SSSR count). The van der Waals surface area contributed by atoms with E-state index in [1.54, 1.807) is 72.8 Å². The quantitative estimate of drug-likeness (QED) is 0.132. The van der Waals surface area contributed by atoms with Crippen LogP contribution in [0.1, 0.15) is 41.4 Å². The van der Waals surface area contributed by atoms with Gasteiger partial charge in [0.05, 0.1) is 65.4 Å². The van der Waals surface area contributed by atoms with Gasteiger partial charge in [-0.2, -0.15) is 0 Å². The van der Waals surface area contributed by atoms with Gasteiger partial charge < -0.3 is 30.0 Å². The highest BCUT2D eigenvalue weighted by Crippen LogP contribution is 2.34. The maximum atomic E-state index is 11.1. The van der Waals surface area contributed by atoms with E-state index in [-0.39, 0.29) is 22.3 Å². The van der Waals surface area contributed by atoms with E-state index in [0.29, 0.717) is 19.6 Å². The molecule has 12 heteroatoms. The fourth-order valence-corrected chi connectivity index (χ4v) is 7.01. The van der Waals surface area contributed by atoms with Crippen LogP contribution >= 0.6 is 23.5 Å². The highest BCUT2D eigenvalue weighted by atomic mass is 32.2. The minimum Gasteiger partial charge on any atom is -0.545 e. The Morgan fingerprint density at radius 2 is 0.603 bits per heavy atom. The fraction of sp³-hybridized carbons (Fsp3) is 0.130. The van der Waals surface area contributed by atoms with Gasteiger partial charge in [-0.05, 0) is 60.7 Å². The second kappa shape index (κ2) is 21.9. The molecule has 6 aromatic rings. The Kier molecular flexibility index (Phi) is 17.5. The Labute approximate surface area is 347 Å². The Balaban J connectivity index is 0.000000216. The van der Waals surface area contributed by atoms with Crippen LogP contribution < -0.4 is 19.2 Å². The number of nitrogens with zero attached hydrogens (tertiary/aromatic N) is 2. The van der Waals surface area contributed by atoms with Crippen LogP contribution in [0.3, 0.4) is 0 Å². The summed E-state index contributed by atoms with van der Waals surface area (Å²) in [5.41, 5.74) is 3.05. The molecule has 0 bridgehead atoms. The number of rotatable bonds is 10. The summed E-state index contributed by atoms with van der Waals surface area (Å²) >= 11 is 2.19. The van der Waals surface area contributed by atoms with Gasteiger partial charge in [-0.15, -0.1) is 0 Å². The zero-order valence-corrected chi connectivity index (χ0v) is 34.7. The van der Waals surface area contributed by atoms with Gasteiger partial charge >= 0.3 is 11.9 Å². The number of carboxylic acid groups (broad SMARTS) is 4. The van der Waals surface area contributed by atoms with E-state index in [4.69, 9.17) is 10.2 Å². The summed E-state index contributed by atoms with van der Waals surface area (Å²) in [4.78, 5) is 46.0. The van der Waals surface area contributed by atoms with E-state index in [9.17, 15) is 29.4 Å². The Bertz CT molecular complexity index is 2010. The third-order valence-electron chi connectivity index (χ3n) is 7.95. The van der Waals surface area contributed by atoms with Gasteiger partial charge in [0.2, 0.25) is 0 Å². The van der Waals surface area contributed by atoms with Crippen LogP contribution in [-0.2, 0) is 0 Å². The molecule has 0 saturated heterocycles. The van der Waals surface area contributed by atoms with Crippen molar-refractivity contribution in [3.8, 4) is 0 Å². The van der Waals surface area contributed by atoms with Gasteiger partial charge in [0, 0.05) is 30.7 Å². The molecule has 0 atom stereocenters. The molecule has 0 aliphatic carbocycles. The number of hydrogen-bond acceptors (Lipinski definition) is 8. The molecule has 10 nitrogen and oxygen atoms in total. The van der Waals surface area contributed by atoms with Crippen molar-refractivity contribution >= 4 is 58.8 Å². The average Bonchev–Trinajstić information content (AvgIpc) is 3.19. The molecule has 2 N–H and O–H groups in total. The van der Waals surface area contributed by atoms with Crippen molar-refractivity contribution in [2.24, 2.45) is 0 Å². The second-order valence-electron chi connectivity index (χ2n) is 14.1.